The Hall–Kier alpha value is -2.74. The summed E-state index contributed by atoms with van der Waals surface area (Å²) in [6.07, 6.45) is 0.374. The van der Waals surface area contributed by atoms with Crippen molar-refractivity contribution in [3.8, 4) is 0 Å². The first-order valence-electron chi connectivity index (χ1n) is 6.94. The number of benzene rings is 1. The minimum atomic E-state index is -1.01. The van der Waals surface area contributed by atoms with E-state index in [0.29, 0.717) is 5.56 Å². The molecule has 0 saturated heterocycles. The van der Waals surface area contributed by atoms with Crippen LogP contribution in [0.2, 0.25) is 0 Å². The Balaban J connectivity index is 2.08. The van der Waals surface area contributed by atoms with Gasteiger partial charge < -0.3 is 9.67 Å². The third-order valence-corrected chi connectivity index (χ3v) is 3.82. The normalized spacial score (nSPS) is 12.7. The predicted molar refractivity (Wildman–Crippen MR) is 81.6 cm³/mol. The summed E-state index contributed by atoms with van der Waals surface area (Å²) in [4.78, 5) is 28.3. The minimum absolute atomic E-state index is 0.0212. The number of hydrogen-bond donors (Lipinski definition) is 1. The van der Waals surface area contributed by atoms with Gasteiger partial charge in [0, 0.05) is 14.1 Å². The number of halogens is 1. The third kappa shape index (κ3) is 2.46. The molecule has 3 rings (SSSR count). The summed E-state index contributed by atoms with van der Waals surface area (Å²) in [5.41, 5.74) is -0.117. The number of imidazole rings is 1. The molecule has 8 heteroatoms. The van der Waals surface area contributed by atoms with Gasteiger partial charge in [0.05, 0.1) is 19.0 Å². The van der Waals surface area contributed by atoms with E-state index in [2.05, 4.69) is 4.98 Å². The molecule has 23 heavy (non-hydrogen) atoms. The van der Waals surface area contributed by atoms with Gasteiger partial charge in [-0.15, -0.1) is 0 Å². The molecule has 2 heterocycles. The third-order valence-electron chi connectivity index (χ3n) is 3.82. The molecule has 0 aliphatic carbocycles. The maximum atomic E-state index is 13.3. The van der Waals surface area contributed by atoms with Gasteiger partial charge in [-0.2, -0.15) is 0 Å². The van der Waals surface area contributed by atoms with E-state index in [9.17, 15) is 19.1 Å². The number of aromatic nitrogens is 4. The topological polar surface area (TPSA) is 82.0 Å². The highest BCUT2D eigenvalue weighted by atomic mass is 19.1. The SMILES string of the molecule is Cn1c(=O)c2c(ncn2CC(O)c2cccc(F)c2)n(C)c1=O. The van der Waals surface area contributed by atoms with Crippen molar-refractivity contribution in [2.24, 2.45) is 14.1 Å². The van der Waals surface area contributed by atoms with Crippen LogP contribution >= 0.6 is 0 Å². The Morgan fingerprint density at radius 2 is 2.00 bits per heavy atom. The van der Waals surface area contributed by atoms with E-state index in [1.807, 2.05) is 0 Å². The van der Waals surface area contributed by atoms with Crippen LogP contribution in [0.3, 0.4) is 0 Å². The van der Waals surface area contributed by atoms with Crippen LogP contribution in [0.1, 0.15) is 11.7 Å². The quantitative estimate of drug-likeness (QED) is 0.753. The molecule has 0 bridgehead atoms. The van der Waals surface area contributed by atoms with Crippen molar-refractivity contribution in [1.82, 2.24) is 18.7 Å². The van der Waals surface area contributed by atoms with Crippen LogP contribution < -0.4 is 11.2 Å². The lowest BCUT2D eigenvalue weighted by Gasteiger charge is -2.13. The highest BCUT2D eigenvalue weighted by molar-refractivity contribution is 5.69. The Kier molecular flexibility index (Phi) is 3.61. The van der Waals surface area contributed by atoms with Crippen LogP contribution in [0.15, 0.2) is 40.2 Å². The fourth-order valence-corrected chi connectivity index (χ4v) is 2.54. The number of fused-ring (bicyclic) bond motifs is 1. The zero-order valence-corrected chi connectivity index (χ0v) is 12.6. The molecule has 1 aromatic carbocycles. The highest BCUT2D eigenvalue weighted by Crippen LogP contribution is 2.17. The van der Waals surface area contributed by atoms with E-state index < -0.39 is 23.2 Å². The molecule has 0 aliphatic heterocycles. The number of aryl methyl sites for hydroxylation is 1. The molecule has 120 valence electrons. The molecule has 7 nitrogen and oxygen atoms in total. The average Bonchev–Trinajstić information content (AvgIpc) is 2.94. The lowest BCUT2D eigenvalue weighted by molar-refractivity contribution is 0.157. The molecule has 0 amide bonds. The summed E-state index contributed by atoms with van der Waals surface area (Å²) in [7, 11) is 2.90. The average molecular weight is 318 g/mol. The van der Waals surface area contributed by atoms with Crippen molar-refractivity contribution in [2.45, 2.75) is 12.6 Å². The van der Waals surface area contributed by atoms with Crippen molar-refractivity contribution in [3.05, 3.63) is 62.8 Å². The maximum Gasteiger partial charge on any atom is 0.332 e. The standard InChI is InChI=1S/C15H15FN4O3/c1-18-13-12(14(22)19(2)15(18)23)20(8-17-13)7-11(21)9-4-3-5-10(16)6-9/h3-6,8,11,21H,7H2,1-2H3. The second-order valence-corrected chi connectivity index (χ2v) is 5.35. The van der Waals surface area contributed by atoms with Crippen molar-refractivity contribution in [1.29, 1.82) is 0 Å². The second-order valence-electron chi connectivity index (χ2n) is 5.35. The zero-order chi connectivity index (χ0) is 16.7. The van der Waals surface area contributed by atoms with Gasteiger partial charge in [-0.3, -0.25) is 13.9 Å². The molecule has 0 aliphatic rings. The number of aliphatic hydroxyl groups excluding tert-OH is 1. The van der Waals surface area contributed by atoms with Gasteiger partial charge in [-0.1, -0.05) is 12.1 Å². The number of rotatable bonds is 3. The summed E-state index contributed by atoms with van der Waals surface area (Å²) in [6, 6.07) is 5.62. The predicted octanol–water partition coefficient (Wildman–Crippen LogP) is 0.306. The van der Waals surface area contributed by atoms with Gasteiger partial charge in [-0.25, -0.2) is 14.2 Å². The van der Waals surface area contributed by atoms with Crippen LogP contribution in [0.4, 0.5) is 4.39 Å². The molecule has 1 atom stereocenters. The molecular formula is C15H15FN4O3. The molecule has 0 spiro atoms. The number of hydrogen-bond acceptors (Lipinski definition) is 4. The van der Waals surface area contributed by atoms with Crippen molar-refractivity contribution in [3.63, 3.8) is 0 Å². The molecule has 3 aromatic rings. The molecule has 0 radical (unpaired) electrons. The van der Waals surface area contributed by atoms with Gasteiger partial charge in [0.2, 0.25) is 0 Å². The van der Waals surface area contributed by atoms with Crippen LogP contribution in [-0.2, 0) is 20.6 Å². The van der Waals surface area contributed by atoms with E-state index in [-0.39, 0.29) is 17.7 Å². The van der Waals surface area contributed by atoms with Crippen molar-refractivity contribution in [2.75, 3.05) is 0 Å². The summed E-state index contributed by atoms with van der Waals surface area (Å²) >= 11 is 0. The maximum absolute atomic E-state index is 13.3. The van der Waals surface area contributed by atoms with Gasteiger partial charge in [0.15, 0.2) is 11.2 Å². The molecular weight excluding hydrogens is 303 g/mol. The van der Waals surface area contributed by atoms with Gasteiger partial charge in [-0.05, 0) is 17.7 Å². The largest absolute Gasteiger partial charge is 0.387 e. The summed E-state index contributed by atoms with van der Waals surface area (Å²) in [5, 5.41) is 10.3. The summed E-state index contributed by atoms with van der Waals surface area (Å²) < 4.78 is 17.0. The first-order valence-corrected chi connectivity index (χ1v) is 6.94. The Labute approximate surface area is 129 Å². The van der Waals surface area contributed by atoms with Crippen molar-refractivity contribution >= 4 is 11.2 Å². The minimum Gasteiger partial charge on any atom is -0.387 e. The first kappa shape index (κ1) is 15.2. The number of aliphatic hydroxyl groups is 1. The molecule has 0 fully saturated rings. The lowest BCUT2D eigenvalue weighted by Crippen LogP contribution is -2.37. The lowest BCUT2D eigenvalue weighted by atomic mass is 10.1. The molecule has 0 saturated carbocycles. The second kappa shape index (κ2) is 5.47. The fraction of sp³-hybridized carbons (Fsp3) is 0.267. The van der Waals surface area contributed by atoms with Gasteiger partial charge >= 0.3 is 5.69 Å². The molecule has 1 unspecified atom stereocenters. The van der Waals surface area contributed by atoms with E-state index in [0.717, 1.165) is 4.57 Å². The van der Waals surface area contributed by atoms with Crippen LogP contribution in [0, 0.1) is 5.82 Å². The van der Waals surface area contributed by atoms with Crippen LogP contribution in [-0.4, -0.2) is 23.8 Å². The smallest absolute Gasteiger partial charge is 0.332 e. The van der Waals surface area contributed by atoms with E-state index in [1.54, 1.807) is 6.07 Å². The zero-order valence-electron chi connectivity index (χ0n) is 12.6. The fourth-order valence-electron chi connectivity index (χ4n) is 2.54. The van der Waals surface area contributed by atoms with Crippen LogP contribution in [0.25, 0.3) is 11.2 Å². The molecule has 2 aromatic heterocycles. The number of nitrogens with zero attached hydrogens (tertiary/aromatic N) is 4. The Morgan fingerprint density at radius 1 is 1.26 bits per heavy atom. The Morgan fingerprint density at radius 3 is 2.70 bits per heavy atom. The highest BCUT2D eigenvalue weighted by Gasteiger charge is 2.17. The van der Waals surface area contributed by atoms with E-state index >= 15 is 0 Å². The summed E-state index contributed by atoms with van der Waals surface area (Å²) in [6.45, 7) is 0.0212. The van der Waals surface area contributed by atoms with Gasteiger partial charge in [0.1, 0.15) is 5.82 Å². The molecule has 1 N–H and O–H groups in total. The van der Waals surface area contributed by atoms with Crippen molar-refractivity contribution < 1.29 is 9.50 Å². The van der Waals surface area contributed by atoms with E-state index in [1.165, 1.54) is 47.8 Å². The van der Waals surface area contributed by atoms with Gasteiger partial charge in [0.25, 0.3) is 5.56 Å². The Bertz CT molecular complexity index is 1000. The van der Waals surface area contributed by atoms with Crippen LogP contribution in [0.5, 0.6) is 0 Å². The summed E-state index contributed by atoms with van der Waals surface area (Å²) in [5.74, 6) is -0.449. The first-order chi connectivity index (χ1) is 10.9. The monoisotopic (exact) mass is 318 g/mol. The van der Waals surface area contributed by atoms with E-state index in [4.69, 9.17) is 0 Å².